The predicted octanol–water partition coefficient (Wildman–Crippen LogP) is 2.86. The lowest BCUT2D eigenvalue weighted by molar-refractivity contribution is -0.115. The third kappa shape index (κ3) is 3.56. The van der Waals surface area contributed by atoms with E-state index >= 15 is 0 Å². The number of H-pyrrole nitrogens is 2. The Kier molecular flexibility index (Phi) is 4.74. The Morgan fingerprint density at radius 1 is 1.18 bits per heavy atom. The van der Waals surface area contributed by atoms with Gasteiger partial charge in [0.1, 0.15) is 6.33 Å². The minimum atomic E-state index is -0.395. The molecular formula is C19H18N6O2S. The Morgan fingerprint density at radius 3 is 2.79 bits per heavy atom. The quantitative estimate of drug-likeness (QED) is 0.451. The molecule has 4 aromatic rings. The molecule has 0 bridgehead atoms. The molecule has 1 atom stereocenters. The van der Waals surface area contributed by atoms with Gasteiger partial charge in [-0.3, -0.25) is 9.36 Å². The van der Waals surface area contributed by atoms with Crippen LogP contribution in [0.5, 0.6) is 0 Å². The lowest BCUT2D eigenvalue weighted by Crippen LogP contribution is -2.22. The second kappa shape index (κ2) is 7.35. The molecule has 1 unspecified atom stereocenters. The number of nitrogens with one attached hydrogen (secondary N) is 3. The topological polar surface area (TPSA) is 108 Å². The molecule has 2 heterocycles. The number of aromatic nitrogens is 5. The summed E-state index contributed by atoms with van der Waals surface area (Å²) in [5.41, 5.74) is 3.73. The summed E-state index contributed by atoms with van der Waals surface area (Å²) in [6.45, 7) is 3.83. The predicted molar refractivity (Wildman–Crippen MR) is 109 cm³/mol. The number of imidazole rings is 1. The fourth-order valence-electron chi connectivity index (χ4n) is 2.87. The van der Waals surface area contributed by atoms with E-state index in [-0.39, 0.29) is 11.6 Å². The van der Waals surface area contributed by atoms with Crippen molar-refractivity contribution in [3.05, 3.63) is 64.8 Å². The average molecular weight is 394 g/mol. The van der Waals surface area contributed by atoms with Gasteiger partial charge in [0.2, 0.25) is 5.91 Å². The third-order valence-electron chi connectivity index (χ3n) is 4.33. The van der Waals surface area contributed by atoms with Gasteiger partial charge in [-0.25, -0.2) is 4.79 Å². The summed E-state index contributed by atoms with van der Waals surface area (Å²) in [6.07, 6.45) is 1.64. The van der Waals surface area contributed by atoms with E-state index in [4.69, 9.17) is 0 Å². The summed E-state index contributed by atoms with van der Waals surface area (Å²) >= 11 is 1.33. The lowest BCUT2D eigenvalue weighted by atomic mass is 10.2. The molecule has 0 saturated heterocycles. The van der Waals surface area contributed by atoms with Crippen LogP contribution < -0.4 is 11.0 Å². The third-order valence-corrected chi connectivity index (χ3v) is 5.38. The van der Waals surface area contributed by atoms with Crippen LogP contribution in [-0.2, 0) is 4.79 Å². The van der Waals surface area contributed by atoms with Gasteiger partial charge in [0.15, 0.2) is 5.16 Å². The molecule has 0 saturated carbocycles. The summed E-state index contributed by atoms with van der Waals surface area (Å²) in [4.78, 5) is 29.3. The van der Waals surface area contributed by atoms with Gasteiger partial charge in [-0.15, -0.1) is 10.2 Å². The number of hydrogen-bond acceptors (Lipinski definition) is 5. The molecule has 1 amide bonds. The zero-order valence-corrected chi connectivity index (χ0v) is 16.1. The van der Waals surface area contributed by atoms with Crippen molar-refractivity contribution in [2.45, 2.75) is 24.3 Å². The number of para-hydroxylation sites is 1. The lowest BCUT2D eigenvalue weighted by Gasteiger charge is -2.13. The Hall–Kier alpha value is -3.33. The van der Waals surface area contributed by atoms with E-state index in [1.165, 1.54) is 11.8 Å². The number of hydrogen-bond donors (Lipinski definition) is 3. The Morgan fingerprint density at radius 2 is 1.96 bits per heavy atom. The van der Waals surface area contributed by atoms with Crippen LogP contribution in [0.15, 0.2) is 58.7 Å². The molecule has 3 N–H and O–H groups in total. The average Bonchev–Trinajstić information content (AvgIpc) is 3.27. The second-order valence-corrected chi connectivity index (χ2v) is 7.67. The molecule has 0 radical (unpaired) electrons. The number of rotatable bonds is 5. The van der Waals surface area contributed by atoms with Gasteiger partial charge >= 0.3 is 5.69 Å². The van der Waals surface area contributed by atoms with Crippen LogP contribution >= 0.6 is 11.8 Å². The molecule has 142 valence electrons. The van der Waals surface area contributed by atoms with Crippen molar-refractivity contribution in [3.8, 4) is 5.69 Å². The van der Waals surface area contributed by atoms with Gasteiger partial charge in [0, 0.05) is 5.69 Å². The van der Waals surface area contributed by atoms with Gasteiger partial charge in [-0.05, 0) is 43.7 Å². The van der Waals surface area contributed by atoms with Crippen LogP contribution in [0.2, 0.25) is 0 Å². The smallest absolute Gasteiger partial charge is 0.323 e. The van der Waals surface area contributed by atoms with Crippen LogP contribution in [0.3, 0.4) is 0 Å². The summed E-state index contributed by atoms with van der Waals surface area (Å²) in [5, 5.41) is 11.3. The molecule has 0 aliphatic heterocycles. The highest BCUT2D eigenvalue weighted by Gasteiger charge is 2.19. The first-order valence-electron chi connectivity index (χ1n) is 8.67. The first kappa shape index (κ1) is 18.1. The molecule has 0 fully saturated rings. The van der Waals surface area contributed by atoms with Crippen LogP contribution in [0.1, 0.15) is 12.5 Å². The van der Waals surface area contributed by atoms with E-state index < -0.39 is 5.25 Å². The maximum Gasteiger partial charge on any atom is 0.323 e. The minimum absolute atomic E-state index is 0.165. The van der Waals surface area contributed by atoms with E-state index in [1.54, 1.807) is 24.5 Å². The Balaban J connectivity index is 1.50. The first-order chi connectivity index (χ1) is 13.5. The summed E-state index contributed by atoms with van der Waals surface area (Å²) in [5.74, 6) is -0.165. The molecular weight excluding hydrogens is 376 g/mol. The molecule has 0 aliphatic carbocycles. The van der Waals surface area contributed by atoms with Crippen LogP contribution in [0.25, 0.3) is 16.7 Å². The number of benzene rings is 2. The normalized spacial score (nSPS) is 12.2. The molecule has 8 nitrogen and oxygen atoms in total. The van der Waals surface area contributed by atoms with E-state index in [1.807, 2.05) is 42.7 Å². The van der Waals surface area contributed by atoms with Gasteiger partial charge in [-0.2, -0.15) is 0 Å². The molecule has 28 heavy (non-hydrogen) atoms. The maximum absolute atomic E-state index is 12.6. The van der Waals surface area contributed by atoms with Crippen molar-refractivity contribution in [3.63, 3.8) is 0 Å². The molecule has 4 rings (SSSR count). The zero-order valence-electron chi connectivity index (χ0n) is 15.3. The maximum atomic E-state index is 12.6. The number of thioether (sulfide) groups is 1. The number of aryl methyl sites for hydroxylation is 1. The monoisotopic (exact) mass is 394 g/mol. The number of carbonyl (C=O) groups excluding carboxylic acids is 1. The van der Waals surface area contributed by atoms with E-state index in [0.717, 1.165) is 11.3 Å². The Labute approximate surface area is 164 Å². The molecule has 9 heteroatoms. The van der Waals surface area contributed by atoms with Crippen LogP contribution in [-0.4, -0.2) is 35.9 Å². The molecule has 0 aliphatic rings. The largest absolute Gasteiger partial charge is 0.325 e. The van der Waals surface area contributed by atoms with Crippen molar-refractivity contribution in [2.24, 2.45) is 0 Å². The highest BCUT2D eigenvalue weighted by molar-refractivity contribution is 8.00. The number of fused-ring (bicyclic) bond motifs is 1. The highest BCUT2D eigenvalue weighted by atomic mass is 32.2. The van der Waals surface area contributed by atoms with Crippen molar-refractivity contribution in [2.75, 3.05) is 5.32 Å². The summed E-state index contributed by atoms with van der Waals surface area (Å²) in [6, 6.07) is 13.1. The summed E-state index contributed by atoms with van der Waals surface area (Å²) in [7, 11) is 0. The second-order valence-electron chi connectivity index (χ2n) is 6.36. The van der Waals surface area contributed by atoms with Crippen molar-refractivity contribution in [1.29, 1.82) is 0 Å². The number of anilines is 1. The standard InChI is InChI=1S/C19H18N6O2S/c1-11-5-3-4-6-16(11)25-10-20-24-19(25)28-12(2)17(26)21-13-7-8-14-15(9-13)23-18(27)22-14/h3-10,12H,1-2H3,(H,21,26)(H2,22,23,27). The van der Waals surface area contributed by atoms with Crippen molar-refractivity contribution < 1.29 is 4.79 Å². The van der Waals surface area contributed by atoms with E-state index in [2.05, 4.69) is 25.5 Å². The van der Waals surface area contributed by atoms with Gasteiger partial charge < -0.3 is 15.3 Å². The molecule has 2 aromatic heterocycles. The fourth-order valence-corrected chi connectivity index (χ4v) is 3.71. The van der Waals surface area contributed by atoms with Crippen LogP contribution in [0, 0.1) is 6.92 Å². The molecule has 2 aromatic carbocycles. The van der Waals surface area contributed by atoms with E-state index in [9.17, 15) is 9.59 Å². The number of carbonyl (C=O) groups is 1. The number of amides is 1. The first-order valence-corrected chi connectivity index (χ1v) is 9.55. The fraction of sp³-hybridized carbons (Fsp3) is 0.158. The molecule has 0 spiro atoms. The summed E-state index contributed by atoms with van der Waals surface area (Å²) < 4.78 is 1.88. The number of nitrogens with zero attached hydrogens (tertiary/aromatic N) is 3. The minimum Gasteiger partial charge on any atom is -0.325 e. The van der Waals surface area contributed by atoms with Crippen LogP contribution in [0.4, 0.5) is 5.69 Å². The number of aromatic amines is 2. The SMILES string of the molecule is Cc1ccccc1-n1cnnc1SC(C)C(=O)Nc1ccc2[nH]c(=O)[nH]c2c1. The zero-order chi connectivity index (χ0) is 19.7. The van der Waals surface area contributed by atoms with Gasteiger partial charge in [-0.1, -0.05) is 30.0 Å². The van der Waals surface area contributed by atoms with Gasteiger partial charge in [0.05, 0.1) is 22.0 Å². The van der Waals surface area contributed by atoms with E-state index in [0.29, 0.717) is 21.9 Å². The van der Waals surface area contributed by atoms with Crippen molar-refractivity contribution >= 4 is 34.4 Å². The Bertz CT molecular complexity index is 1210. The van der Waals surface area contributed by atoms with Gasteiger partial charge in [0.25, 0.3) is 0 Å². The van der Waals surface area contributed by atoms with Crippen molar-refractivity contribution in [1.82, 2.24) is 24.7 Å². The highest BCUT2D eigenvalue weighted by Crippen LogP contribution is 2.26.